The summed E-state index contributed by atoms with van der Waals surface area (Å²) in [6.45, 7) is 3.52. The SMILES string of the molecule is CCOC(=O)C1=C(C)N=C(SCC(N)=O)[C@@H](C#N)[C@H]1c1ccc(C(=O)OC)cc1. The van der Waals surface area contributed by atoms with Gasteiger partial charge in [0.05, 0.1) is 41.7 Å². The maximum atomic E-state index is 12.6. The number of aliphatic imine (C=N–C) groups is 1. The van der Waals surface area contributed by atoms with Gasteiger partial charge in [-0.2, -0.15) is 5.26 Å². The molecule has 0 unspecified atom stereocenters. The predicted molar refractivity (Wildman–Crippen MR) is 108 cm³/mol. The van der Waals surface area contributed by atoms with E-state index in [0.29, 0.717) is 21.9 Å². The van der Waals surface area contributed by atoms with E-state index in [9.17, 15) is 19.6 Å². The van der Waals surface area contributed by atoms with Crippen molar-refractivity contribution in [1.29, 1.82) is 5.26 Å². The maximum absolute atomic E-state index is 12.6. The van der Waals surface area contributed by atoms with Crippen molar-refractivity contribution in [3.63, 3.8) is 0 Å². The lowest BCUT2D eigenvalue weighted by atomic mass is 9.79. The van der Waals surface area contributed by atoms with Crippen molar-refractivity contribution in [3.8, 4) is 6.07 Å². The molecule has 0 spiro atoms. The zero-order valence-electron chi connectivity index (χ0n) is 16.3. The van der Waals surface area contributed by atoms with Crippen LogP contribution in [0.1, 0.15) is 35.7 Å². The van der Waals surface area contributed by atoms with E-state index < -0.39 is 29.7 Å². The van der Waals surface area contributed by atoms with Gasteiger partial charge in [0.15, 0.2) is 0 Å². The van der Waals surface area contributed by atoms with E-state index in [1.807, 2.05) is 0 Å². The largest absolute Gasteiger partial charge is 0.465 e. The minimum Gasteiger partial charge on any atom is -0.465 e. The van der Waals surface area contributed by atoms with Crippen molar-refractivity contribution in [3.05, 3.63) is 46.7 Å². The first-order valence-corrected chi connectivity index (χ1v) is 9.78. The Balaban J connectivity index is 2.55. The number of nitrogens with zero attached hydrogens (tertiary/aromatic N) is 2. The molecule has 1 aromatic rings. The fourth-order valence-electron chi connectivity index (χ4n) is 3.01. The molecule has 0 saturated carbocycles. The van der Waals surface area contributed by atoms with E-state index in [0.717, 1.165) is 11.8 Å². The van der Waals surface area contributed by atoms with Gasteiger partial charge >= 0.3 is 11.9 Å². The van der Waals surface area contributed by atoms with Gasteiger partial charge in [-0.15, -0.1) is 0 Å². The number of ether oxygens (including phenoxy) is 2. The maximum Gasteiger partial charge on any atom is 0.337 e. The highest BCUT2D eigenvalue weighted by Gasteiger charge is 2.39. The second-order valence-electron chi connectivity index (χ2n) is 6.12. The molecule has 1 aliphatic heterocycles. The first-order chi connectivity index (χ1) is 13.8. The molecule has 0 bridgehead atoms. The quantitative estimate of drug-likeness (QED) is 0.704. The number of hydrogen-bond donors (Lipinski definition) is 1. The van der Waals surface area contributed by atoms with Crippen LogP contribution in [0, 0.1) is 17.2 Å². The van der Waals surface area contributed by atoms with Crippen LogP contribution in [0.4, 0.5) is 0 Å². The number of rotatable bonds is 6. The van der Waals surface area contributed by atoms with E-state index in [1.54, 1.807) is 38.1 Å². The topological polar surface area (TPSA) is 132 Å². The molecule has 29 heavy (non-hydrogen) atoms. The van der Waals surface area contributed by atoms with E-state index in [1.165, 1.54) is 7.11 Å². The van der Waals surface area contributed by atoms with Crippen LogP contribution in [0.25, 0.3) is 0 Å². The number of carbonyl (C=O) groups excluding carboxylic acids is 3. The molecule has 1 heterocycles. The van der Waals surface area contributed by atoms with Gasteiger partial charge in [-0.3, -0.25) is 4.79 Å². The van der Waals surface area contributed by atoms with Crippen LogP contribution >= 0.6 is 11.8 Å². The molecule has 9 heteroatoms. The highest BCUT2D eigenvalue weighted by molar-refractivity contribution is 8.14. The van der Waals surface area contributed by atoms with E-state index in [-0.39, 0.29) is 17.9 Å². The molecule has 2 N–H and O–H groups in total. The van der Waals surface area contributed by atoms with Gasteiger partial charge in [0.2, 0.25) is 5.91 Å². The molecule has 0 saturated heterocycles. The van der Waals surface area contributed by atoms with Crippen LogP contribution in [-0.4, -0.2) is 42.4 Å². The summed E-state index contributed by atoms with van der Waals surface area (Å²) in [5, 5.41) is 10.2. The molecular weight excluding hydrogens is 394 g/mol. The molecule has 1 amide bonds. The minimum atomic E-state index is -0.813. The highest BCUT2D eigenvalue weighted by atomic mass is 32.2. The molecule has 0 aliphatic carbocycles. The molecule has 0 fully saturated rings. The highest BCUT2D eigenvalue weighted by Crippen LogP contribution is 2.41. The zero-order valence-corrected chi connectivity index (χ0v) is 17.1. The fraction of sp³-hybridized carbons (Fsp3) is 0.350. The Labute approximate surface area is 172 Å². The lowest BCUT2D eigenvalue weighted by Gasteiger charge is -2.29. The summed E-state index contributed by atoms with van der Waals surface area (Å²) in [5.41, 5.74) is 6.88. The third-order valence-electron chi connectivity index (χ3n) is 4.27. The van der Waals surface area contributed by atoms with Crippen LogP contribution in [0.2, 0.25) is 0 Å². The molecule has 1 aromatic carbocycles. The second kappa shape index (κ2) is 9.89. The van der Waals surface area contributed by atoms with Crippen molar-refractivity contribution in [1.82, 2.24) is 0 Å². The van der Waals surface area contributed by atoms with E-state index in [4.69, 9.17) is 15.2 Å². The van der Waals surface area contributed by atoms with Crippen LogP contribution < -0.4 is 5.73 Å². The number of primary amides is 1. The van der Waals surface area contributed by atoms with Crippen LogP contribution in [0.5, 0.6) is 0 Å². The van der Waals surface area contributed by atoms with Gasteiger partial charge in [0.25, 0.3) is 0 Å². The Morgan fingerprint density at radius 2 is 1.90 bits per heavy atom. The number of amides is 1. The third kappa shape index (κ3) is 5.03. The Kier molecular flexibility index (Phi) is 7.56. The Bertz CT molecular complexity index is 915. The molecule has 0 aromatic heterocycles. The number of nitriles is 1. The molecule has 2 atom stereocenters. The summed E-state index contributed by atoms with van der Waals surface area (Å²) in [4.78, 5) is 39.9. The molecule has 152 valence electrons. The summed E-state index contributed by atoms with van der Waals surface area (Å²) >= 11 is 1.07. The second-order valence-corrected chi connectivity index (χ2v) is 7.12. The number of nitrogens with two attached hydrogens (primary N) is 1. The van der Waals surface area contributed by atoms with Crippen molar-refractivity contribution in [2.24, 2.45) is 16.6 Å². The average molecular weight is 415 g/mol. The number of hydrogen-bond acceptors (Lipinski definition) is 8. The third-order valence-corrected chi connectivity index (χ3v) is 5.34. The van der Waals surface area contributed by atoms with Crippen molar-refractivity contribution < 1.29 is 23.9 Å². The van der Waals surface area contributed by atoms with E-state index in [2.05, 4.69) is 11.1 Å². The normalized spacial score (nSPS) is 18.5. The number of esters is 2. The minimum absolute atomic E-state index is 0.0347. The van der Waals surface area contributed by atoms with Crippen molar-refractivity contribution in [2.75, 3.05) is 19.5 Å². The summed E-state index contributed by atoms with van der Waals surface area (Å²) in [7, 11) is 1.28. The van der Waals surface area contributed by atoms with Gasteiger partial charge in [-0.05, 0) is 31.5 Å². The summed E-state index contributed by atoms with van der Waals surface area (Å²) in [6.07, 6.45) is 0. The first kappa shape index (κ1) is 22.2. The Morgan fingerprint density at radius 1 is 1.24 bits per heavy atom. The summed E-state index contributed by atoms with van der Waals surface area (Å²) in [5.74, 6) is -3.10. The lowest BCUT2D eigenvalue weighted by Crippen LogP contribution is -2.30. The standard InChI is InChI=1S/C20H21N3O5S/c1-4-28-20(26)16-11(2)23-18(29-10-15(22)24)14(9-21)17(16)12-5-7-13(8-6-12)19(25)27-3/h5-8,14,17H,4,10H2,1-3H3,(H2,22,24)/t14-,17+/m0/s1. The van der Waals surface area contributed by atoms with Gasteiger partial charge in [0, 0.05) is 11.6 Å². The van der Waals surface area contributed by atoms with E-state index >= 15 is 0 Å². The van der Waals surface area contributed by atoms with Gasteiger partial charge in [0.1, 0.15) is 5.92 Å². The molecule has 2 rings (SSSR count). The number of methoxy groups -OCH3 is 1. The number of thioether (sulfide) groups is 1. The number of allylic oxidation sites excluding steroid dienone is 1. The van der Waals surface area contributed by atoms with Crippen LogP contribution in [0.3, 0.4) is 0 Å². The average Bonchev–Trinajstić information content (AvgIpc) is 2.71. The molecule has 1 aliphatic rings. The predicted octanol–water partition coefficient (Wildman–Crippen LogP) is 2.16. The van der Waals surface area contributed by atoms with Crippen molar-refractivity contribution in [2.45, 2.75) is 19.8 Å². The van der Waals surface area contributed by atoms with Gasteiger partial charge in [-0.25, -0.2) is 14.6 Å². The summed E-state index contributed by atoms with van der Waals surface area (Å²) < 4.78 is 9.88. The zero-order chi connectivity index (χ0) is 21.6. The lowest BCUT2D eigenvalue weighted by molar-refractivity contribution is -0.139. The Hall–Kier alpha value is -3.12. The summed E-state index contributed by atoms with van der Waals surface area (Å²) in [6, 6.07) is 8.64. The smallest absolute Gasteiger partial charge is 0.337 e. The monoisotopic (exact) mass is 415 g/mol. The van der Waals surface area contributed by atoms with Crippen molar-refractivity contribution >= 4 is 34.7 Å². The van der Waals surface area contributed by atoms with Crippen LogP contribution in [-0.2, 0) is 19.1 Å². The first-order valence-electron chi connectivity index (χ1n) is 8.79. The molecular formula is C20H21N3O5S. The Morgan fingerprint density at radius 3 is 2.41 bits per heavy atom. The molecule has 8 nitrogen and oxygen atoms in total. The number of benzene rings is 1. The fourth-order valence-corrected chi connectivity index (χ4v) is 3.87. The number of carbonyl (C=O) groups is 3. The molecule has 0 radical (unpaired) electrons. The van der Waals surface area contributed by atoms with Crippen LogP contribution in [0.15, 0.2) is 40.5 Å². The van der Waals surface area contributed by atoms with Gasteiger partial charge in [-0.1, -0.05) is 23.9 Å². The van der Waals surface area contributed by atoms with Gasteiger partial charge < -0.3 is 15.2 Å².